The van der Waals surface area contributed by atoms with Crippen LogP contribution >= 0.6 is 15.9 Å². The number of fused-ring (bicyclic) bond motifs is 1. The van der Waals surface area contributed by atoms with Crippen molar-refractivity contribution in [2.24, 2.45) is 0 Å². The molecule has 4 N–H and O–H groups in total. The maximum absolute atomic E-state index is 13.7. The van der Waals surface area contributed by atoms with Crippen molar-refractivity contribution in [1.29, 1.82) is 0 Å². The van der Waals surface area contributed by atoms with Crippen LogP contribution in [0.5, 0.6) is 0 Å². The van der Waals surface area contributed by atoms with Crippen molar-refractivity contribution >= 4 is 55.7 Å². The van der Waals surface area contributed by atoms with Crippen LogP contribution in [0.4, 0.5) is 17.2 Å². The summed E-state index contributed by atoms with van der Waals surface area (Å²) < 4.78 is 0.849. The molecule has 0 spiro atoms. The predicted octanol–water partition coefficient (Wildman–Crippen LogP) is 4.96. The van der Waals surface area contributed by atoms with Crippen molar-refractivity contribution in [3.05, 3.63) is 58.2 Å². The number of likely N-dealkylation sites (tertiary alicyclic amines) is 2. The molecule has 0 saturated carbocycles. The lowest BCUT2D eigenvalue weighted by Gasteiger charge is -2.35. The molecule has 0 radical (unpaired) electrons. The summed E-state index contributed by atoms with van der Waals surface area (Å²) in [5, 5.41) is 8.58. The minimum atomic E-state index is -0.109. The number of aromatic nitrogens is 1. The van der Waals surface area contributed by atoms with Crippen LogP contribution in [0, 0.1) is 0 Å². The molecule has 2 aromatic carbocycles. The summed E-state index contributed by atoms with van der Waals surface area (Å²) in [5.41, 5.74) is 8.93. The number of carbonyl (C=O) groups excluding carboxylic acids is 2. The second-order valence-corrected chi connectivity index (χ2v) is 10.7. The Kier molecular flexibility index (Phi) is 7.50. The van der Waals surface area contributed by atoms with E-state index in [4.69, 9.17) is 5.73 Å². The molecule has 0 unspecified atom stereocenters. The fourth-order valence-electron chi connectivity index (χ4n) is 5.44. The van der Waals surface area contributed by atoms with Gasteiger partial charge in [0.1, 0.15) is 5.82 Å². The van der Waals surface area contributed by atoms with Gasteiger partial charge in [-0.3, -0.25) is 9.59 Å². The van der Waals surface area contributed by atoms with Gasteiger partial charge in [-0.15, -0.1) is 0 Å². The first-order valence-electron chi connectivity index (χ1n) is 13.0. The Morgan fingerprint density at radius 2 is 1.78 bits per heavy atom. The lowest BCUT2D eigenvalue weighted by atomic mass is 10.0. The van der Waals surface area contributed by atoms with Gasteiger partial charge < -0.3 is 26.2 Å². The summed E-state index contributed by atoms with van der Waals surface area (Å²) in [7, 11) is 1.86. The number of carbonyl (C=O) groups is 2. The molecule has 2 aliphatic rings. The summed E-state index contributed by atoms with van der Waals surface area (Å²) in [5.74, 6) is 0.180. The van der Waals surface area contributed by atoms with Crippen LogP contribution in [-0.4, -0.2) is 65.9 Å². The Bertz CT molecular complexity index is 1320. The fourth-order valence-corrected chi connectivity index (χ4v) is 5.90. The van der Waals surface area contributed by atoms with Crippen LogP contribution in [-0.2, 0) is 0 Å². The molecule has 2 aliphatic heterocycles. The molecule has 3 heterocycles. The number of nitrogens with two attached hydrogens (primary N) is 1. The van der Waals surface area contributed by atoms with Crippen LogP contribution < -0.4 is 16.4 Å². The highest BCUT2D eigenvalue weighted by molar-refractivity contribution is 9.10. The number of halogens is 1. The fraction of sp³-hybridized carbons (Fsp3) is 0.393. The number of pyridine rings is 1. The summed E-state index contributed by atoms with van der Waals surface area (Å²) in [6, 6.07) is 11.6. The first kappa shape index (κ1) is 25.3. The Labute approximate surface area is 225 Å². The number of hydrogen-bond donors (Lipinski definition) is 3. The van der Waals surface area contributed by atoms with Gasteiger partial charge in [-0.05, 0) is 49.6 Å². The summed E-state index contributed by atoms with van der Waals surface area (Å²) in [4.78, 5) is 35.3. The van der Waals surface area contributed by atoms with Crippen molar-refractivity contribution in [1.82, 2.24) is 14.8 Å². The van der Waals surface area contributed by atoms with Gasteiger partial charge in [-0.2, -0.15) is 0 Å². The van der Waals surface area contributed by atoms with Gasteiger partial charge in [0.15, 0.2) is 0 Å². The Morgan fingerprint density at radius 1 is 1.03 bits per heavy atom. The quantitative estimate of drug-likeness (QED) is 0.404. The van der Waals surface area contributed by atoms with Gasteiger partial charge in [0.25, 0.3) is 11.8 Å². The standard InChI is InChI=1S/C28H33BrN6O2/c1-31-23-15-19(29)14-22(27(36)34-11-5-2-6-12-34)25(23)33-20-9-7-13-35(17-20)28(37)24-21-10-4-3-8-18(21)16-32-26(24)30/h3-4,8,10,14-16,20,31,33H,2,5-7,9,11-13,17H2,1H3,(H2,30,32)/t20-/m1/s1. The minimum Gasteiger partial charge on any atom is -0.386 e. The van der Waals surface area contributed by atoms with Gasteiger partial charge in [0.05, 0.1) is 22.5 Å². The first-order chi connectivity index (χ1) is 18.0. The molecule has 5 rings (SSSR count). The predicted molar refractivity (Wildman–Crippen MR) is 152 cm³/mol. The molecular formula is C28H33BrN6O2. The number of amides is 2. The summed E-state index contributed by atoms with van der Waals surface area (Å²) in [6.07, 6.45) is 6.68. The number of benzene rings is 2. The normalized spacial score (nSPS) is 18.1. The van der Waals surface area contributed by atoms with E-state index in [-0.39, 0.29) is 23.7 Å². The lowest BCUT2D eigenvalue weighted by Crippen LogP contribution is -2.45. The monoisotopic (exact) mass is 564 g/mol. The SMILES string of the molecule is CNc1cc(Br)cc(C(=O)N2CCCCC2)c1N[C@@H]1CCCN(C(=O)c2c(N)ncc3ccccc23)C1. The molecule has 3 aromatic rings. The van der Waals surface area contributed by atoms with Crippen molar-refractivity contribution in [2.75, 3.05) is 49.6 Å². The van der Waals surface area contributed by atoms with Gasteiger partial charge in [-0.25, -0.2) is 4.98 Å². The van der Waals surface area contributed by atoms with E-state index in [2.05, 4.69) is 31.5 Å². The van der Waals surface area contributed by atoms with Crippen LogP contribution in [0.15, 0.2) is 47.1 Å². The van der Waals surface area contributed by atoms with E-state index in [0.29, 0.717) is 24.2 Å². The number of nitrogens with one attached hydrogen (secondary N) is 2. The van der Waals surface area contributed by atoms with Gasteiger partial charge in [0.2, 0.25) is 0 Å². The first-order valence-corrected chi connectivity index (χ1v) is 13.7. The van der Waals surface area contributed by atoms with Crippen LogP contribution in [0.25, 0.3) is 10.8 Å². The van der Waals surface area contributed by atoms with Gasteiger partial charge in [-0.1, -0.05) is 40.2 Å². The third-order valence-electron chi connectivity index (χ3n) is 7.35. The lowest BCUT2D eigenvalue weighted by molar-refractivity contribution is 0.0709. The highest BCUT2D eigenvalue weighted by Gasteiger charge is 2.30. The van der Waals surface area contributed by atoms with E-state index in [1.165, 1.54) is 0 Å². The summed E-state index contributed by atoms with van der Waals surface area (Å²) in [6.45, 7) is 2.73. The largest absolute Gasteiger partial charge is 0.386 e. The maximum Gasteiger partial charge on any atom is 0.258 e. The number of nitrogen functional groups attached to an aromatic ring is 1. The van der Waals surface area contributed by atoms with Crippen LogP contribution in [0.1, 0.15) is 52.8 Å². The van der Waals surface area contributed by atoms with Crippen molar-refractivity contribution in [2.45, 2.75) is 38.1 Å². The molecule has 9 heteroatoms. The molecule has 194 valence electrons. The van der Waals surface area contributed by atoms with E-state index in [0.717, 1.165) is 71.8 Å². The smallest absolute Gasteiger partial charge is 0.258 e. The molecule has 8 nitrogen and oxygen atoms in total. The number of hydrogen-bond acceptors (Lipinski definition) is 6. The molecule has 2 amide bonds. The van der Waals surface area contributed by atoms with E-state index in [1.807, 2.05) is 53.2 Å². The number of nitrogens with zero attached hydrogens (tertiary/aromatic N) is 3. The average molecular weight is 566 g/mol. The van der Waals surface area contributed by atoms with Crippen molar-refractivity contribution in [3.63, 3.8) is 0 Å². The zero-order valence-electron chi connectivity index (χ0n) is 21.1. The number of piperidine rings is 2. The topological polar surface area (TPSA) is 104 Å². The minimum absolute atomic E-state index is 0.0111. The Morgan fingerprint density at radius 3 is 2.57 bits per heavy atom. The molecule has 0 bridgehead atoms. The Balaban J connectivity index is 1.41. The highest BCUT2D eigenvalue weighted by Crippen LogP contribution is 2.34. The Hall–Kier alpha value is -3.33. The van der Waals surface area contributed by atoms with Crippen molar-refractivity contribution in [3.8, 4) is 0 Å². The second kappa shape index (κ2) is 11.0. The molecule has 1 atom stereocenters. The zero-order chi connectivity index (χ0) is 25.9. The van der Waals surface area contributed by atoms with Gasteiger partial charge in [0, 0.05) is 55.3 Å². The molecule has 2 saturated heterocycles. The maximum atomic E-state index is 13.7. The molecule has 37 heavy (non-hydrogen) atoms. The third-order valence-corrected chi connectivity index (χ3v) is 7.80. The highest BCUT2D eigenvalue weighted by atomic mass is 79.9. The summed E-state index contributed by atoms with van der Waals surface area (Å²) >= 11 is 3.58. The molecule has 0 aliphatic carbocycles. The van der Waals surface area contributed by atoms with E-state index >= 15 is 0 Å². The molecular weight excluding hydrogens is 532 g/mol. The number of rotatable bonds is 5. The van der Waals surface area contributed by atoms with Crippen molar-refractivity contribution < 1.29 is 9.59 Å². The van der Waals surface area contributed by atoms with Crippen LogP contribution in [0.3, 0.4) is 0 Å². The molecule has 2 fully saturated rings. The van der Waals surface area contributed by atoms with Crippen LogP contribution in [0.2, 0.25) is 0 Å². The third kappa shape index (κ3) is 5.23. The van der Waals surface area contributed by atoms with E-state index in [9.17, 15) is 9.59 Å². The number of anilines is 3. The second-order valence-electron chi connectivity index (χ2n) is 9.82. The van der Waals surface area contributed by atoms with E-state index in [1.54, 1.807) is 6.20 Å². The molecule has 1 aromatic heterocycles. The zero-order valence-corrected chi connectivity index (χ0v) is 22.7. The van der Waals surface area contributed by atoms with E-state index < -0.39 is 0 Å². The van der Waals surface area contributed by atoms with Gasteiger partial charge >= 0.3 is 0 Å². The average Bonchev–Trinajstić information content (AvgIpc) is 2.93.